The van der Waals surface area contributed by atoms with E-state index in [0.717, 1.165) is 17.5 Å². The zero-order chi connectivity index (χ0) is 30.8. The van der Waals surface area contributed by atoms with Crippen molar-refractivity contribution in [1.29, 1.82) is 0 Å². The molecule has 0 aliphatic rings. The number of rotatable bonds is 13. The minimum Gasteiger partial charge on any atom is -0.490 e. The first-order valence-electron chi connectivity index (χ1n) is 13.9. The van der Waals surface area contributed by atoms with Gasteiger partial charge in [-0.15, -0.1) is 0 Å². The zero-order valence-electron chi connectivity index (χ0n) is 24.3. The van der Waals surface area contributed by atoms with Gasteiger partial charge in [-0.1, -0.05) is 54.9 Å². The average molecular weight is 620 g/mol. The van der Waals surface area contributed by atoms with E-state index < -0.39 is 15.9 Å². The lowest BCUT2D eigenvalue weighted by Crippen LogP contribution is -2.31. The van der Waals surface area contributed by atoms with Gasteiger partial charge in [0.2, 0.25) is 0 Å². The van der Waals surface area contributed by atoms with Gasteiger partial charge in [0, 0.05) is 10.6 Å². The van der Waals surface area contributed by atoms with Gasteiger partial charge in [-0.2, -0.15) is 5.10 Å². The number of hydrazone groups is 1. The van der Waals surface area contributed by atoms with Gasteiger partial charge in [-0.05, 0) is 91.6 Å². The Bertz CT molecular complexity index is 1680. The highest BCUT2D eigenvalue weighted by molar-refractivity contribution is 7.92. The van der Waals surface area contributed by atoms with Crippen molar-refractivity contribution >= 4 is 39.4 Å². The van der Waals surface area contributed by atoms with E-state index in [-0.39, 0.29) is 11.4 Å². The summed E-state index contributed by atoms with van der Waals surface area (Å²) in [5.74, 6) is 0.860. The molecule has 0 saturated carbocycles. The Morgan fingerprint density at radius 2 is 1.67 bits per heavy atom. The summed E-state index contributed by atoms with van der Waals surface area (Å²) in [5.41, 5.74) is 5.56. The number of hydrogen-bond donors (Lipinski definition) is 1. The topological polar surface area (TPSA) is 97.3 Å². The third kappa shape index (κ3) is 8.15. The summed E-state index contributed by atoms with van der Waals surface area (Å²) in [6.07, 6.45) is 2.41. The summed E-state index contributed by atoms with van der Waals surface area (Å²) < 4.78 is 40.2. The SMILES string of the molecule is CCCOc1ccc(/C=N\NC(=O)c2ccc(CN(c3cc(Cl)ccc3C)S(=O)(=O)c3ccccc3)cc2)cc1OCC. The number of nitrogens with one attached hydrogen (secondary N) is 1. The van der Waals surface area contributed by atoms with Gasteiger partial charge in [0.05, 0.1) is 36.6 Å². The molecule has 0 radical (unpaired) electrons. The van der Waals surface area contributed by atoms with E-state index in [9.17, 15) is 13.2 Å². The van der Waals surface area contributed by atoms with E-state index in [1.165, 1.54) is 10.5 Å². The van der Waals surface area contributed by atoms with Crippen LogP contribution >= 0.6 is 11.6 Å². The second kappa shape index (κ2) is 14.7. The molecular formula is C33H34ClN3O5S. The Balaban J connectivity index is 1.49. The van der Waals surface area contributed by atoms with Crippen LogP contribution in [0, 0.1) is 6.92 Å². The summed E-state index contributed by atoms with van der Waals surface area (Å²) in [7, 11) is -3.91. The molecule has 10 heteroatoms. The minimum absolute atomic E-state index is 0.0403. The molecule has 1 N–H and O–H groups in total. The lowest BCUT2D eigenvalue weighted by molar-refractivity contribution is 0.0955. The predicted molar refractivity (Wildman–Crippen MR) is 171 cm³/mol. The van der Waals surface area contributed by atoms with Crippen LogP contribution in [0.25, 0.3) is 0 Å². The molecule has 0 aliphatic carbocycles. The smallest absolute Gasteiger partial charge is 0.271 e. The molecule has 0 atom stereocenters. The van der Waals surface area contributed by atoms with Gasteiger partial charge in [0.1, 0.15) is 0 Å². The predicted octanol–water partition coefficient (Wildman–Crippen LogP) is 7.00. The van der Waals surface area contributed by atoms with Crippen LogP contribution in [-0.2, 0) is 16.6 Å². The highest BCUT2D eigenvalue weighted by atomic mass is 35.5. The van der Waals surface area contributed by atoms with Gasteiger partial charge < -0.3 is 9.47 Å². The number of carbonyl (C=O) groups excluding carboxylic acids is 1. The number of carbonyl (C=O) groups is 1. The summed E-state index contributed by atoms with van der Waals surface area (Å²) >= 11 is 6.25. The Kier molecular flexibility index (Phi) is 10.8. The normalized spacial score (nSPS) is 11.3. The molecule has 8 nitrogen and oxygen atoms in total. The van der Waals surface area contributed by atoms with E-state index in [4.69, 9.17) is 21.1 Å². The number of hydrogen-bond acceptors (Lipinski definition) is 6. The summed E-state index contributed by atoms with van der Waals surface area (Å²) in [5, 5.41) is 4.51. The fraction of sp³-hybridized carbons (Fsp3) is 0.212. The number of anilines is 1. The second-order valence-corrected chi connectivity index (χ2v) is 11.9. The van der Waals surface area contributed by atoms with Crippen LogP contribution in [0.1, 0.15) is 47.3 Å². The zero-order valence-corrected chi connectivity index (χ0v) is 25.9. The third-order valence-corrected chi connectivity index (χ3v) is 8.43. The van der Waals surface area contributed by atoms with Crippen molar-refractivity contribution in [1.82, 2.24) is 5.43 Å². The van der Waals surface area contributed by atoms with E-state index in [1.54, 1.807) is 78.9 Å². The molecular weight excluding hydrogens is 586 g/mol. The molecule has 0 aromatic heterocycles. The maximum Gasteiger partial charge on any atom is 0.271 e. The lowest BCUT2D eigenvalue weighted by atomic mass is 10.1. The quantitative estimate of drug-likeness (QED) is 0.128. The highest BCUT2D eigenvalue weighted by Crippen LogP contribution is 2.31. The first-order chi connectivity index (χ1) is 20.7. The number of halogens is 1. The van der Waals surface area contributed by atoms with Crippen molar-refractivity contribution in [3.8, 4) is 11.5 Å². The molecule has 0 spiro atoms. The molecule has 0 heterocycles. The molecule has 4 rings (SSSR count). The van der Waals surface area contributed by atoms with Gasteiger partial charge >= 0.3 is 0 Å². The number of sulfonamides is 1. The van der Waals surface area contributed by atoms with Crippen LogP contribution in [0.4, 0.5) is 5.69 Å². The van der Waals surface area contributed by atoms with E-state index in [2.05, 4.69) is 10.5 Å². The second-order valence-electron chi connectivity index (χ2n) is 9.64. The van der Waals surface area contributed by atoms with Crippen molar-refractivity contribution < 1.29 is 22.7 Å². The number of nitrogens with zero attached hydrogens (tertiary/aromatic N) is 2. The summed E-state index contributed by atoms with van der Waals surface area (Å²) in [6.45, 7) is 6.88. The van der Waals surface area contributed by atoms with Crippen LogP contribution in [0.3, 0.4) is 0 Å². The largest absolute Gasteiger partial charge is 0.490 e. The summed E-state index contributed by atoms with van der Waals surface area (Å²) in [4.78, 5) is 12.9. The maximum absolute atomic E-state index is 13.7. The molecule has 43 heavy (non-hydrogen) atoms. The van der Waals surface area contributed by atoms with Gasteiger partial charge in [-0.3, -0.25) is 9.10 Å². The van der Waals surface area contributed by atoms with Gasteiger partial charge in [-0.25, -0.2) is 13.8 Å². The van der Waals surface area contributed by atoms with Crippen molar-refractivity contribution in [3.05, 3.63) is 118 Å². The van der Waals surface area contributed by atoms with E-state index in [0.29, 0.717) is 46.5 Å². The van der Waals surface area contributed by atoms with Gasteiger partial charge in [0.15, 0.2) is 11.5 Å². The van der Waals surface area contributed by atoms with E-state index >= 15 is 0 Å². The standard InChI is InChI=1S/C33H34ClN3O5S/c1-4-19-42-31-18-14-26(20-32(31)41-5-2)22-35-36-33(38)27-15-12-25(13-16-27)23-37(30-21-28(34)17-11-24(30)3)43(39,40)29-9-7-6-8-10-29/h6-18,20-22H,4-5,19,23H2,1-3H3,(H,36,38)/b35-22-. The van der Waals surface area contributed by atoms with Crippen molar-refractivity contribution in [2.24, 2.45) is 5.10 Å². The molecule has 0 bridgehead atoms. The van der Waals surface area contributed by atoms with Gasteiger partial charge in [0.25, 0.3) is 15.9 Å². The fourth-order valence-electron chi connectivity index (χ4n) is 4.23. The third-order valence-electron chi connectivity index (χ3n) is 6.42. The molecule has 0 saturated heterocycles. The van der Waals surface area contributed by atoms with Crippen LogP contribution in [-0.4, -0.2) is 33.8 Å². The first kappa shape index (κ1) is 31.6. The Morgan fingerprint density at radius 1 is 0.930 bits per heavy atom. The van der Waals surface area contributed by atoms with E-state index in [1.807, 2.05) is 32.9 Å². The van der Waals surface area contributed by atoms with Crippen LogP contribution in [0.15, 0.2) is 101 Å². The number of amides is 1. The Morgan fingerprint density at radius 3 is 2.37 bits per heavy atom. The molecule has 1 amide bonds. The van der Waals surface area contributed by atoms with Crippen LogP contribution in [0.5, 0.6) is 11.5 Å². The highest BCUT2D eigenvalue weighted by Gasteiger charge is 2.26. The number of aryl methyl sites for hydroxylation is 1. The molecule has 224 valence electrons. The van der Waals surface area contributed by atoms with Crippen LogP contribution in [0.2, 0.25) is 5.02 Å². The first-order valence-corrected chi connectivity index (χ1v) is 15.7. The monoisotopic (exact) mass is 619 g/mol. The average Bonchev–Trinajstić information content (AvgIpc) is 3.01. The number of benzene rings is 4. The molecule has 4 aromatic rings. The molecule has 0 aliphatic heterocycles. The van der Waals surface area contributed by atoms with Crippen molar-refractivity contribution in [2.45, 2.75) is 38.6 Å². The van der Waals surface area contributed by atoms with Crippen molar-refractivity contribution in [2.75, 3.05) is 17.5 Å². The summed E-state index contributed by atoms with van der Waals surface area (Å²) in [6, 6.07) is 25.5. The molecule has 0 fully saturated rings. The fourth-order valence-corrected chi connectivity index (χ4v) is 5.93. The minimum atomic E-state index is -3.91. The Labute approximate surface area is 258 Å². The Hall–Kier alpha value is -4.34. The van der Waals surface area contributed by atoms with Crippen LogP contribution < -0.4 is 19.2 Å². The lowest BCUT2D eigenvalue weighted by Gasteiger charge is -2.26. The number of ether oxygens (including phenoxy) is 2. The van der Waals surface area contributed by atoms with Crippen molar-refractivity contribution in [3.63, 3.8) is 0 Å². The molecule has 0 unspecified atom stereocenters. The maximum atomic E-state index is 13.7. The molecule has 4 aromatic carbocycles.